The molecule has 8 nitrogen and oxygen atoms in total. The Labute approximate surface area is 212 Å². The average molecular weight is 493 g/mol. The Morgan fingerprint density at radius 2 is 1.72 bits per heavy atom. The number of ether oxygens (including phenoxy) is 1. The summed E-state index contributed by atoms with van der Waals surface area (Å²) in [5.41, 5.74) is 3.18. The molecule has 1 saturated carbocycles. The number of urea groups is 1. The van der Waals surface area contributed by atoms with Crippen LogP contribution in [0.1, 0.15) is 68.8 Å². The number of hydrogen-bond donors (Lipinski definition) is 3. The first-order valence-electron chi connectivity index (χ1n) is 12.7. The van der Waals surface area contributed by atoms with Crippen molar-refractivity contribution in [1.82, 2.24) is 5.32 Å². The summed E-state index contributed by atoms with van der Waals surface area (Å²) in [5.74, 6) is -0.665. The van der Waals surface area contributed by atoms with E-state index < -0.39 is 23.6 Å². The van der Waals surface area contributed by atoms with E-state index in [-0.39, 0.29) is 5.91 Å². The van der Waals surface area contributed by atoms with Crippen LogP contribution in [0.3, 0.4) is 0 Å². The number of amides is 3. The number of anilines is 3. The Morgan fingerprint density at radius 3 is 2.39 bits per heavy atom. The number of benzene rings is 2. The summed E-state index contributed by atoms with van der Waals surface area (Å²) in [6.07, 6.45) is 5.72. The predicted molar refractivity (Wildman–Crippen MR) is 142 cm³/mol. The first-order valence-corrected chi connectivity index (χ1v) is 12.7. The lowest BCUT2D eigenvalue weighted by Gasteiger charge is -2.37. The highest BCUT2D eigenvalue weighted by atomic mass is 16.6. The lowest BCUT2D eigenvalue weighted by Crippen LogP contribution is -2.52. The Kier molecular flexibility index (Phi) is 7.52. The third kappa shape index (κ3) is 6.36. The zero-order valence-corrected chi connectivity index (χ0v) is 21.5. The second-order valence-electron chi connectivity index (χ2n) is 10.7. The van der Waals surface area contributed by atoms with E-state index >= 15 is 0 Å². The van der Waals surface area contributed by atoms with Crippen molar-refractivity contribution in [2.45, 2.75) is 77.5 Å². The molecule has 1 aliphatic carbocycles. The zero-order valence-electron chi connectivity index (χ0n) is 21.5. The van der Waals surface area contributed by atoms with E-state index in [9.17, 15) is 14.4 Å². The molecule has 0 radical (unpaired) electrons. The van der Waals surface area contributed by atoms with E-state index in [1.165, 1.54) is 19.3 Å². The van der Waals surface area contributed by atoms with Gasteiger partial charge in [-0.3, -0.25) is 4.79 Å². The Balaban J connectivity index is 1.45. The number of carbonyl (C=O) groups excluding carboxylic acids is 3. The van der Waals surface area contributed by atoms with Crippen LogP contribution in [0.5, 0.6) is 0 Å². The molecule has 2 aliphatic rings. The summed E-state index contributed by atoms with van der Waals surface area (Å²) in [7, 11) is 0. The highest BCUT2D eigenvalue weighted by molar-refractivity contribution is 6.03. The smallest absolute Gasteiger partial charge is 0.338 e. The maximum absolute atomic E-state index is 13.1. The van der Waals surface area contributed by atoms with Crippen molar-refractivity contribution in [2.75, 3.05) is 22.1 Å². The lowest BCUT2D eigenvalue weighted by atomic mass is 9.93. The Bertz CT molecular complexity index is 1120. The third-order valence-corrected chi connectivity index (χ3v) is 6.51. The van der Waals surface area contributed by atoms with Crippen LogP contribution in [0.15, 0.2) is 42.5 Å². The average Bonchev–Trinajstić information content (AvgIpc) is 2.94. The molecule has 0 aromatic heterocycles. The Morgan fingerprint density at radius 1 is 1.03 bits per heavy atom. The molecule has 0 spiro atoms. The van der Waals surface area contributed by atoms with Gasteiger partial charge < -0.3 is 25.6 Å². The van der Waals surface area contributed by atoms with Crippen molar-refractivity contribution in [2.24, 2.45) is 0 Å². The van der Waals surface area contributed by atoms with Gasteiger partial charge in [0.1, 0.15) is 11.6 Å². The number of aryl methyl sites for hydroxylation is 1. The highest BCUT2D eigenvalue weighted by Gasteiger charge is 2.33. The molecule has 3 amide bonds. The van der Waals surface area contributed by atoms with Crippen LogP contribution in [0.4, 0.5) is 21.9 Å². The van der Waals surface area contributed by atoms with Gasteiger partial charge in [-0.15, -0.1) is 0 Å². The van der Waals surface area contributed by atoms with Gasteiger partial charge in [-0.25, -0.2) is 9.59 Å². The molecule has 2 aromatic carbocycles. The summed E-state index contributed by atoms with van der Waals surface area (Å²) >= 11 is 0. The second kappa shape index (κ2) is 10.6. The van der Waals surface area contributed by atoms with Crippen LogP contribution < -0.4 is 20.9 Å². The van der Waals surface area contributed by atoms with Gasteiger partial charge in [0.2, 0.25) is 5.91 Å². The van der Waals surface area contributed by atoms with E-state index in [4.69, 9.17) is 4.74 Å². The number of fused-ring (bicyclic) bond motifs is 1. The predicted octanol–water partition coefficient (Wildman–Crippen LogP) is 5.23. The minimum atomic E-state index is -0.722. The molecule has 1 fully saturated rings. The molecule has 3 N–H and O–H groups in total. The fourth-order valence-corrected chi connectivity index (χ4v) is 4.80. The number of nitrogens with one attached hydrogen (secondary N) is 3. The van der Waals surface area contributed by atoms with Gasteiger partial charge in [-0.05, 0) is 82.5 Å². The molecular weight excluding hydrogens is 456 g/mol. The summed E-state index contributed by atoms with van der Waals surface area (Å²) in [6.45, 7) is 7.83. The molecule has 4 rings (SSSR count). The minimum absolute atomic E-state index is 0.240. The minimum Gasteiger partial charge on any atom is -0.456 e. The van der Waals surface area contributed by atoms with E-state index in [0.29, 0.717) is 23.8 Å². The van der Waals surface area contributed by atoms with Crippen molar-refractivity contribution in [3.8, 4) is 0 Å². The molecule has 2 aromatic rings. The standard InChI is InChI=1S/C28H36N4O4/c1-18-10-15-24-22(16-18)30-25(33)23(17-32(24)21-8-6-5-7-9-21)31-27(35)29-20-13-11-19(12-14-20)26(34)36-28(2,3)4/h10-16,21,23H,5-9,17H2,1-4H3,(H,30,33)(H2,29,31,35). The van der Waals surface area contributed by atoms with Gasteiger partial charge in [0.15, 0.2) is 0 Å². The molecular formula is C28H36N4O4. The molecule has 1 unspecified atom stereocenters. The number of hydrogen-bond acceptors (Lipinski definition) is 5. The first kappa shape index (κ1) is 25.5. The lowest BCUT2D eigenvalue weighted by molar-refractivity contribution is -0.117. The Hall–Kier alpha value is -3.55. The molecule has 0 bridgehead atoms. The van der Waals surface area contributed by atoms with Crippen LogP contribution in [0, 0.1) is 6.92 Å². The van der Waals surface area contributed by atoms with Gasteiger partial charge in [-0.2, -0.15) is 0 Å². The van der Waals surface area contributed by atoms with Crippen molar-refractivity contribution in [1.29, 1.82) is 0 Å². The number of nitrogens with zero attached hydrogens (tertiary/aromatic N) is 1. The van der Waals surface area contributed by atoms with Gasteiger partial charge >= 0.3 is 12.0 Å². The molecule has 1 aliphatic heterocycles. The topological polar surface area (TPSA) is 99.8 Å². The first-order chi connectivity index (χ1) is 17.1. The van der Waals surface area contributed by atoms with Crippen molar-refractivity contribution in [3.05, 3.63) is 53.6 Å². The quantitative estimate of drug-likeness (QED) is 0.508. The van der Waals surface area contributed by atoms with E-state index in [2.05, 4.69) is 33.0 Å². The van der Waals surface area contributed by atoms with Gasteiger partial charge in [0.05, 0.1) is 16.9 Å². The summed E-state index contributed by atoms with van der Waals surface area (Å²) in [4.78, 5) is 40.5. The van der Waals surface area contributed by atoms with Crippen LogP contribution in [-0.2, 0) is 9.53 Å². The number of rotatable bonds is 4. The molecule has 8 heteroatoms. The summed E-state index contributed by atoms with van der Waals surface area (Å²) in [5, 5.41) is 8.63. The van der Waals surface area contributed by atoms with Crippen molar-refractivity contribution in [3.63, 3.8) is 0 Å². The van der Waals surface area contributed by atoms with Crippen molar-refractivity contribution < 1.29 is 19.1 Å². The van der Waals surface area contributed by atoms with Crippen LogP contribution in [0.2, 0.25) is 0 Å². The summed E-state index contributed by atoms with van der Waals surface area (Å²) in [6, 6.07) is 11.7. The van der Waals surface area contributed by atoms with Crippen LogP contribution in [-0.4, -0.2) is 42.1 Å². The number of carbonyl (C=O) groups is 3. The molecule has 192 valence electrons. The van der Waals surface area contributed by atoms with Crippen molar-refractivity contribution >= 4 is 35.0 Å². The maximum atomic E-state index is 13.1. The zero-order chi connectivity index (χ0) is 25.9. The SMILES string of the molecule is Cc1ccc2c(c1)NC(=O)C(NC(=O)Nc1ccc(C(=O)OC(C)(C)C)cc1)CN2C1CCCCC1. The monoisotopic (exact) mass is 492 g/mol. The normalized spacial score (nSPS) is 18.5. The largest absolute Gasteiger partial charge is 0.456 e. The molecule has 0 saturated heterocycles. The fraction of sp³-hybridized carbons (Fsp3) is 0.464. The second-order valence-corrected chi connectivity index (χ2v) is 10.7. The third-order valence-electron chi connectivity index (χ3n) is 6.51. The van der Waals surface area contributed by atoms with E-state index in [1.807, 2.05) is 33.8 Å². The molecule has 1 atom stereocenters. The summed E-state index contributed by atoms with van der Waals surface area (Å²) < 4.78 is 5.38. The maximum Gasteiger partial charge on any atom is 0.338 e. The van der Waals surface area contributed by atoms with E-state index in [1.54, 1.807) is 24.3 Å². The highest BCUT2D eigenvalue weighted by Crippen LogP contribution is 2.35. The van der Waals surface area contributed by atoms with Gasteiger partial charge in [-0.1, -0.05) is 25.3 Å². The van der Waals surface area contributed by atoms with Gasteiger partial charge in [0.25, 0.3) is 0 Å². The van der Waals surface area contributed by atoms with Crippen LogP contribution in [0.25, 0.3) is 0 Å². The fourth-order valence-electron chi connectivity index (χ4n) is 4.80. The molecule has 1 heterocycles. The van der Waals surface area contributed by atoms with E-state index in [0.717, 1.165) is 29.8 Å². The van der Waals surface area contributed by atoms with Gasteiger partial charge in [0, 0.05) is 18.3 Å². The molecule has 36 heavy (non-hydrogen) atoms. The van der Waals surface area contributed by atoms with Crippen LogP contribution >= 0.6 is 0 Å². The number of esters is 1.